The van der Waals surface area contributed by atoms with Crippen molar-refractivity contribution in [1.29, 1.82) is 0 Å². The summed E-state index contributed by atoms with van der Waals surface area (Å²) in [6, 6.07) is 11.9. The number of carbonyl (C=O) groups excluding carboxylic acids is 1. The maximum atomic E-state index is 12.0. The van der Waals surface area contributed by atoms with Crippen molar-refractivity contribution < 1.29 is 19.4 Å². The molecule has 5 nitrogen and oxygen atoms in total. The van der Waals surface area contributed by atoms with Gasteiger partial charge in [-0.15, -0.1) is 0 Å². The van der Waals surface area contributed by atoms with E-state index in [0.29, 0.717) is 5.75 Å². The molecule has 0 bridgehead atoms. The molecule has 0 radical (unpaired) electrons. The van der Waals surface area contributed by atoms with Gasteiger partial charge < -0.3 is 15.2 Å². The van der Waals surface area contributed by atoms with Crippen molar-refractivity contribution >= 4 is 33.5 Å². The summed E-state index contributed by atoms with van der Waals surface area (Å²) < 4.78 is 6.24. The van der Waals surface area contributed by atoms with Gasteiger partial charge in [-0.2, -0.15) is 0 Å². The van der Waals surface area contributed by atoms with E-state index in [2.05, 4.69) is 28.2 Å². The van der Waals surface area contributed by atoms with E-state index in [-0.39, 0.29) is 17.9 Å². The molecule has 2 aromatic carbocycles. The first-order chi connectivity index (χ1) is 11.0. The third kappa shape index (κ3) is 4.56. The number of aromatic carboxylic acids is 1. The third-order valence-electron chi connectivity index (χ3n) is 3.19. The van der Waals surface area contributed by atoms with Crippen LogP contribution in [0.15, 0.2) is 46.9 Å². The quantitative estimate of drug-likeness (QED) is 0.803. The monoisotopic (exact) mass is 377 g/mol. The Bertz CT molecular complexity index is 730. The van der Waals surface area contributed by atoms with Gasteiger partial charge in [0.15, 0.2) is 6.61 Å². The number of hydrogen-bond acceptors (Lipinski definition) is 3. The van der Waals surface area contributed by atoms with Crippen molar-refractivity contribution in [2.45, 2.75) is 13.3 Å². The van der Waals surface area contributed by atoms with Gasteiger partial charge in [0, 0.05) is 0 Å². The van der Waals surface area contributed by atoms with Crippen LogP contribution in [0.1, 0.15) is 22.8 Å². The lowest BCUT2D eigenvalue weighted by molar-refractivity contribution is -0.118. The van der Waals surface area contributed by atoms with Gasteiger partial charge in [-0.3, -0.25) is 4.79 Å². The number of rotatable bonds is 6. The van der Waals surface area contributed by atoms with Crippen LogP contribution in [-0.2, 0) is 11.2 Å². The number of hydrogen-bond donors (Lipinski definition) is 2. The number of nitrogens with one attached hydrogen (secondary N) is 1. The summed E-state index contributed by atoms with van der Waals surface area (Å²) in [5, 5.41) is 11.6. The predicted octanol–water partition coefficient (Wildman–Crippen LogP) is 3.73. The number of anilines is 1. The number of halogens is 1. The highest BCUT2D eigenvalue weighted by molar-refractivity contribution is 9.10. The summed E-state index contributed by atoms with van der Waals surface area (Å²) in [7, 11) is 0. The largest absolute Gasteiger partial charge is 0.483 e. The first kappa shape index (κ1) is 17.0. The fraction of sp³-hybridized carbons (Fsp3) is 0.176. The average molecular weight is 378 g/mol. The molecule has 2 aromatic rings. The number of para-hydroxylation sites is 1. The SMILES string of the molecule is CCc1ccc(OCC(=O)Nc2ccccc2C(=O)O)c(Br)c1. The fourth-order valence-corrected chi connectivity index (χ4v) is 2.53. The third-order valence-corrected chi connectivity index (χ3v) is 3.81. The second-order valence-corrected chi connectivity index (χ2v) is 5.66. The predicted molar refractivity (Wildman–Crippen MR) is 91.0 cm³/mol. The van der Waals surface area contributed by atoms with Gasteiger partial charge in [0.25, 0.3) is 5.91 Å². The van der Waals surface area contributed by atoms with Gasteiger partial charge in [-0.25, -0.2) is 4.79 Å². The number of carbonyl (C=O) groups is 2. The van der Waals surface area contributed by atoms with Crippen LogP contribution in [0, 0.1) is 0 Å². The molecule has 0 aromatic heterocycles. The van der Waals surface area contributed by atoms with E-state index in [9.17, 15) is 9.59 Å². The lowest BCUT2D eigenvalue weighted by Gasteiger charge is -2.11. The molecule has 0 heterocycles. The maximum absolute atomic E-state index is 12.0. The zero-order chi connectivity index (χ0) is 16.8. The van der Waals surface area contributed by atoms with Crippen molar-refractivity contribution in [1.82, 2.24) is 0 Å². The second-order valence-electron chi connectivity index (χ2n) is 4.81. The first-order valence-corrected chi connectivity index (χ1v) is 7.84. The number of carboxylic acids is 1. The molecule has 23 heavy (non-hydrogen) atoms. The van der Waals surface area contributed by atoms with Gasteiger partial charge in [0.05, 0.1) is 15.7 Å². The van der Waals surface area contributed by atoms with Gasteiger partial charge in [0.1, 0.15) is 5.75 Å². The number of ether oxygens (including phenoxy) is 1. The van der Waals surface area contributed by atoms with E-state index in [0.717, 1.165) is 16.5 Å². The Morgan fingerprint density at radius 3 is 2.61 bits per heavy atom. The van der Waals surface area contributed by atoms with Gasteiger partial charge in [-0.1, -0.05) is 25.1 Å². The zero-order valence-corrected chi connectivity index (χ0v) is 14.1. The van der Waals surface area contributed by atoms with Crippen LogP contribution in [0.4, 0.5) is 5.69 Å². The topological polar surface area (TPSA) is 75.6 Å². The highest BCUT2D eigenvalue weighted by Crippen LogP contribution is 2.26. The summed E-state index contributed by atoms with van der Waals surface area (Å²) in [6.45, 7) is 1.84. The van der Waals surface area contributed by atoms with E-state index in [1.807, 2.05) is 12.1 Å². The summed E-state index contributed by atoms with van der Waals surface area (Å²) in [5.41, 5.74) is 1.44. The van der Waals surface area contributed by atoms with Gasteiger partial charge >= 0.3 is 5.97 Å². The summed E-state index contributed by atoms with van der Waals surface area (Å²) >= 11 is 3.40. The number of aryl methyl sites for hydroxylation is 1. The Morgan fingerprint density at radius 2 is 1.96 bits per heavy atom. The minimum atomic E-state index is -1.10. The first-order valence-electron chi connectivity index (χ1n) is 7.04. The van der Waals surface area contributed by atoms with Crippen LogP contribution in [-0.4, -0.2) is 23.6 Å². The van der Waals surface area contributed by atoms with Crippen molar-refractivity contribution in [2.75, 3.05) is 11.9 Å². The summed E-state index contributed by atoms with van der Waals surface area (Å²) in [4.78, 5) is 23.0. The van der Waals surface area contributed by atoms with Crippen LogP contribution >= 0.6 is 15.9 Å². The van der Waals surface area contributed by atoms with E-state index >= 15 is 0 Å². The van der Waals surface area contributed by atoms with Crippen LogP contribution in [0.3, 0.4) is 0 Å². The Labute approximate surface area is 142 Å². The lowest BCUT2D eigenvalue weighted by Crippen LogP contribution is -2.21. The average Bonchev–Trinajstić information content (AvgIpc) is 2.54. The summed E-state index contributed by atoms with van der Waals surface area (Å²) in [5.74, 6) is -0.964. The number of benzene rings is 2. The van der Waals surface area contributed by atoms with E-state index in [1.54, 1.807) is 18.2 Å². The molecule has 1 amide bonds. The van der Waals surface area contributed by atoms with Crippen LogP contribution in [0.25, 0.3) is 0 Å². The molecule has 120 valence electrons. The maximum Gasteiger partial charge on any atom is 0.337 e. The molecule has 0 aliphatic rings. The number of amides is 1. The highest BCUT2D eigenvalue weighted by atomic mass is 79.9. The molecule has 0 aliphatic carbocycles. The molecule has 6 heteroatoms. The smallest absolute Gasteiger partial charge is 0.337 e. The Hall–Kier alpha value is -2.34. The Balaban J connectivity index is 2.00. The molecule has 0 atom stereocenters. The van der Waals surface area contributed by atoms with E-state index in [4.69, 9.17) is 9.84 Å². The number of carboxylic acid groups (broad SMARTS) is 1. The molecule has 2 N–H and O–H groups in total. The van der Waals surface area contributed by atoms with Crippen LogP contribution in [0.2, 0.25) is 0 Å². The molecule has 0 unspecified atom stereocenters. The molecule has 0 fully saturated rings. The van der Waals surface area contributed by atoms with Gasteiger partial charge in [-0.05, 0) is 52.2 Å². The fourth-order valence-electron chi connectivity index (χ4n) is 1.99. The molecular formula is C17H16BrNO4. The Kier molecular flexibility index (Phi) is 5.76. The van der Waals surface area contributed by atoms with Crippen molar-refractivity contribution in [3.8, 4) is 5.75 Å². The molecular weight excluding hydrogens is 362 g/mol. The van der Waals surface area contributed by atoms with Gasteiger partial charge in [0.2, 0.25) is 0 Å². The van der Waals surface area contributed by atoms with E-state index in [1.165, 1.54) is 12.1 Å². The minimum absolute atomic E-state index is 0.0364. The summed E-state index contributed by atoms with van der Waals surface area (Å²) in [6.07, 6.45) is 0.908. The van der Waals surface area contributed by atoms with Crippen LogP contribution in [0.5, 0.6) is 5.75 Å². The van der Waals surface area contributed by atoms with E-state index < -0.39 is 11.9 Å². The lowest BCUT2D eigenvalue weighted by atomic mass is 10.2. The second kappa shape index (κ2) is 7.78. The normalized spacial score (nSPS) is 10.2. The molecule has 0 saturated heterocycles. The van der Waals surface area contributed by atoms with Crippen molar-refractivity contribution in [2.24, 2.45) is 0 Å². The van der Waals surface area contributed by atoms with Crippen molar-refractivity contribution in [3.63, 3.8) is 0 Å². The molecule has 2 rings (SSSR count). The minimum Gasteiger partial charge on any atom is -0.483 e. The highest BCUT2D eigenvalue weighted by Gasteiger charge is 2.12. The molecule has 0 spiro atoms. The van der Waals surface area contributed by atoms with Crippen LogP contribution < -0.4 is 10.1 Å². The Morgan fingerprint density at radius 1 is 1.22 bits per heavy atom. The van der Waals surface area contributed by atoms with Crippen molar-refractivity contribution in [3.05, 3.63) is 58.1 Å². The molecule has 0 aliphatic heterocycles. The zero-order valence-electron chi connectivity index (χ0n) is 12.5. The molecule has 0 saturated carbocycles. The standard InChI is InChI=1S/C17H16BrNO4/c1-2-11-7-8-15(13(18)9-11)23-10-16(20)19-14-6-4-3-5-12(14)17(21)22/h3-9H,2,10H2,1H3,(H,19,20)(H,21,22).